The predicted molar refractivity (Wildman–Crippen MR) is 77.4 cm³/mol. The van der Waals surface area contributed by atoms with Crippen LogP contribution in [0, 0.1) is 11.3 Å². The molecule has 1 aliphatic heterocycles. The second-order valence-corrected chi connectivity index (χ2v) is 6.79. The average molecular weight is 281 g/mol. The molecule has 1 aliphatic carbocycles. The van der Waals surface area contributed by atoms with Crippen LogP contribution in [0.2, 0.25) is 0 Å². The second-order valence-electron chi connectivity index (χ2n) is 6.79. The maximum absolute atomic E-state index is 12.2. The van der Waals surface area contributed by atoms with Gasteiger partial charge in [0.25, 0.3) is 0 Å². The molecule has 0 spiro atoms. The summed E-state index contributed by atoms with van der Waals surface area (Å²) in [5.74, 6) is 0.233. The third kappa shape index (κ3) is 3.74. The van der Waals surface area contributed by atoms with Gasteiger partial charge in [-0.1, -0.05) is 32.1 Å². The minimum absolute atomic E-state index is 0.225. The summed E-state index contributed by atoms with van der Waals surface area (Å²) >= 11 is 0. The monoisotopic (exact) mass is 281 g/mol. The predicted octanol–water partition coefficient (Wildman–Crippen LogP) is 3.06. The van der Waals surface area contributed by atoms with E-state index in [9.17, 15) is 14.7 Å². The zero-order chi connectivity index (χ0) is 14.6. The molecule has 1 amide bonds. The lowest BCUT2D eigenvalue weighted by molar-refractivity contribution is -0.153. The number of rotatable bonds is 4. The highest BCUT2D eigenvalue weighted by atomic mass is 16.4. The van der Waals surface area contributed by atoms with Crippen LogP contribution in [-0.4, -0.2) is 35.0 Å². The van der Waals surface area contributed by atoms with Gasteiger partial charge in [0.1, 0.15) is 0 Å². The Hall–Kier alpha value is -1.06. The summed E-state index contributed by atoms with van der Waals surface area (Å²) in [6.45, 7) is 3.00. The molecule has 0 aromatic rings. The van der Waals surface area contributed by atoms with Crippen LogP contribution in [0.25, 0.3) is 0 Å². The van der Waals surface area contributed by atoms with Crippen molar-refractivity contribution in [3.8, 4) is 0 Å². The van der Waals surface area contributed by atoms with Crippen LogP contribution >= 0.6 is 0 Å². The van der Waals surface area contributed by atoms with Crippen LogP contribution < -0.4 is 0 Å². The van der Waals surface area contributed by atoms with E-state index >= 15 is 0 Å². The quantitative estimate of drug-likeness (QED) is 0.861. The number of carbonyl (C=O) groups is 2. The molecule has 114 valence electrons. The number of hydrogen-bond acceptors (Lipinski definition) is 2. The van der Waals surface area contributed by atoms with Crippen molar-refractivity contribution in [2.24, 2.45) is 11.3 Å². The molecule has 0 unspecified atom stereocenters. The van der Waals surface area contributed by atoms with Gasteiger partial charge in [-0.3, -0.25) is 9.59 Å². The van der Waals surface area contributed by atoms with Gasteiger partial charge < -0.3 is 10.0 Å². The molecule has 0 bridgehead atoms. The molecule has 0 radical (unpaired) electrons. The van der Waals surface area contributed by atoms with Gasteiger partial charge in [0, 0.05) is 19.5 Å². The molecule has 1 N–H and O–H groups in total. The summed E-state index contributed by atoms with van der Waals surface area (Å²) in [5, 5.41) is 9.19. The van der Waals surface area contributed by atoms with Crippen LogP contribution in [0.3, 0.4) is 0 Å². The molecule has 1 saturated heterocycles. The molecule has 0 atom stereocenters. The summed E-state index contributed by atoms with van der Waals surface area (Å²) in [6, 6.07) is 0. The first-order valence-corrected chi connectivity index (χ1v) is 8.02. The number of hydrogen-bond donors (Lipinski definition) is 1. The molecule has 4 nitrogen and oxygen atoms in total. The molecule has 1 saturated carbocycles. The number of amides is 1. The fourth-order valence-corrected chi connectivity index (χ4v) is 3.43. The van der Waals surface area contributed by atoms with Gasteiger partial charge in [0.15, 0.2) is 0 Å². The number of likely N-dealkylation sites (tertiary alicyclic amines) is 1. The Morgan fingerprint density at radius 3 is 2.30 bits per heavy atom. The topological polar surface area (TPSA) is 57.6 Å². The number of aliphatic carboxylic acids is 1. The lowest BCUT2D eigenvalue weighted by Crippen LogP contribution is -2.45. The zero-order valence-electron chi connectivity index (χ0n) is 12.6. The summed E-state index contributed by atoms with van der Waals surface area (Å²) in [5.41, 5.74) is -0.639. The van der Waals surface area contributed by atoms with Crippen molar-refractivity contribution < 1.29 is 14.7 Å². The first kappa shape index (κ1) is 15.3. The number of nitrogens with zero attached hydrogens (tertiary/aromatic N) is 1. The molecule has 4 heteroatoms. The molecule has 2 rings (SSSR count). The Bertz CT molecular complexity index is 353. The summed E-state index contributed by atoms with van der Waals surface area (Å²) in [4.78, 5) is 25.3. The van der Waals surface area contributed by atoms with Crippen molar-refractivity contribution in [2.45, 2.75) is 64.7 Å². The SMILES string of the molecule is CC1(C(=O)O)CCN(C(=O)CCC2CCCCC2)CC1. The van der Waals surface area contributed by atoms with Gasteiger partial charge in [-0.2, -0.15) is 0 Å². The van der Waals surface area contributed by atoms with Gasteiger partial charge in [0.05, 0.1) is 5.41 Å². The molecular formula is C16H27NO3. The third-order valence-corrected chi connectivity index (χ3v) is 5.23. The summed E-state index contributed by atoms with van der Waals surface area (Å²) < 4.78 is 0. The van der Waals surface area contributed by atoms with Crippen molar-refractivity contribution in [3.05, 3.63) is 0 Å². The summed E-state index contributed by atoms with van der Waals surface area (Å²) in [6.07, 6.45) is 9.38. The Labute approximate surface area is 121 Å². The molecule has 2 aliphatic rings. The minimum atomic E-state index is -0.730. The van der Waals surface area contributed by atoms with Gasteiger partial charge in [0.2, 0.25) is 5.91 Å². The molecular weight excluding hydrogens is 254 g/mol. The minimum Gasteiger partial charge on any atom is -0.481 e. The molecule has 20 heavy (non-hydrogen) atoms. The van der Waals surface area contributed by atoms with E-state index in [1.807, 2.05) is 4.90 Å². The molecule has 0 aromatic carbocycles. The Balaban J connectivity index is 1.73. The molecule has 1 heterocycles. The number of carboxylic acids is 1. The fourth-order valence-electron chi connectivity index (χ4n) is 3.43. The highest BCUT2D eigenvalue weighted by Gasteiger charge is 2.37. The van der Waals surface area contributed by atoms with E-state index in [0.717, 1.165) is 12.3 Å². The Morgan fingerprint density at radius 2 is 1.75 bits per heavy atom. The smallest absolute Gasteiger partial charge is 0.309 e. The van der Waals surface area contributed by atoms with Gasteiger partial charge in [-0.25, -0.2) is 0 Å². The first-order chi connectivity index (χ1) is 9.51. The van der Waals surface area contributed by atoms with Crippen LogP contribution in [-0.2, 0) is 9.59 Å². The van der Waals surface area contributed by atoms with E-state index in [1.165, 1.54) is 32.1 Å². The lowest BCUT2D eigenvalue weighted by atomic mass is 9.80. The number of piperidine rings is 1. The van der Waals surface area contributed by atoms with Crippen LogP contribution in [0.5, 0.6) is 0 Å². The lowest BCUT2D eigenvalue weighted by Gasteiger charge is -2.36. The Kier molecular flexibility index (Phi) is 5.06. The van der Waals surface area contributed by atoms with E-state index in [1.54, 1.807) is 6.92 Å². The van der Waals surface area contributed by atoms with E-state index in [2.05, 4.69) is 0 Å². The van der Waals surface area contributed by atoms with Gasteiger partial charge >= 0.3 is 5.97 Å². The molecule has 0 aromatic heterocycles. The largest absolute Gasteiger partial charge is 0.481 e. The maximum Gasteiger partial charge on any atom is 0.309 e. The van der Waals surface area contributed by atoms with E-state index in [0.29, 0.717) is 32.4 Å². The standard InChI is InChI=1S/C16H27NO3/c1-16(15(19)20)9-11-17(12-10-16)14(18)8-7-13-5-3-2-4-6-13/h13H,2-12H2,1H3,(H,19,20). The van der Waals surface area contributed by atoms with Crippen LogP contribution in [0.15, 0.2) is 0 Å². The van der Waals surface area contributed by atoms with Crippen LogP contribution in [0.1, 0.15) is 64.7 Å². The highest BCUT2D eigenvalue weighted by Crippen LogP contribution is 2.32. The van der Waals surface area contributed by atoms with Gasteiger partial charge in [-0.05, 0) is 32.1 Å². The van der Waals surface area contributed by atoms with Crippen LogP contribution in [0.4, 0.5) is 0 Å². The molecule has 2 fully saturated rings. The zero-order valence-corrected chi connectivity index (χ0v) is 12.6. The maximum atomic E-state index is 12.2. The summed E-state index contributed by atoms with van der Waals surface area (Å²) in [7, 11) is 0. The van der Waals surface area contributed by atoms with Gasteiger partial charge in [-0.15, -0.1) is 0 Å². The van der Waals surface area contributed by atoms with Crippen molar-refractivity contribution in [1.82, 2.24) is 4.90 Å². The average Bonchev–Trinajstić information content (AvgIpc) is 2.46. The second kappa shape index (κ2) is 6.59. The number of carbonyl (C=O) groups excluding carboxylic acids is 1. The van der Waals surface area contributed by atoms with Crippen molar-refractivity contribution in [3.63, 3.8) is 0 Å². The van der Waals surface area contributed by atoms with Crippen molar-refractivity contribution in [2.75, 3.05) is 13.1 Å². The normalized spacial score (nSPS) is 23.6. The highest BCUT2D eigenvalue weighted by molar-refractivity contribution is 5.78. The van der Waals surface area contributed by atoms with Crippen molar-refractivity contribution in [1.29, 1.82) is 0 Å². The van der Waals surface area contributed by atoms with E-state index < -0.39 is 11.4 Å². The third-order valence-electron chi connectivity index (χ3n) is 5.23. The first-order valence-electron chi connectivity index (χ1n) is 8.02. The van der Waals surface area contributed by atoms with E-state index in [4.69, 9.17) is 0 Å². The number of carboxylic acid groups (broad SMARTS) is 1. The van der Waals surface area contributed by atoms with E-state index in [-0.39, 0.29) is 5.91 Å². The Morgan fingerprint density at radius 1 is 1.15 bits per heavy atom. The fraction of sp³-hybridized carbons (Fsp3) is 0.875. The van der Waals surface area contributed by atoms with Crippen molar-refractivity contribution >= 4 is 11.9 Å².